The number of carbonyl (C=O) groups excluding carboxylic acids is 3. The van der Waals surface area contributed by atoms with Gasteiger partial charge in [-0.05, 0) is 100 Å². The summed E-state index contributed by atoms with van der Waals surface area (Å²) in [6.45, 7) is 7.75. The summed E-state index contributed by atoms with van der Waals surface area (Å²) in [6, 6.07) is 28.2. The van der Waals surface area contributed by atoms with Gasteiger partial charge in [0, 0.05) is 49.0 Å². The molecule has 4 atom stereocenters. The van der Waals surface area contributed by atoms with E-state index in [0.717, 1.165) is 24.8 Å². The monoisotopic (exact) mass is 735 g/mol. The first-order valence-corrected chi connectivity index (χ1v) is 18.7. The van der Waals surface area contributed by atoms with E-state index in [1.807, 2.05) is 51.2 Å². The predicted octanol–water partition coefficient (Wildman–Crippen LogP) is 6.70. The molecule has 0 fully saturated rings. The number of ether oxygens (including phenoxy) is 2. The summed E-state index contributed by atoms with van der Waals surface area (Å²) >= 11 is 0. The molecule has 11 heteroatoms. The Balaban J connectivity index is 1.31. The fraction of sp³-hybridized carbons (Fsp3) is 0.372. The number of nitrogens with two attached hydrogens (primary N) is 1. The minimum absolute atomic E-state index is 0.103. The number of anilines is 3. The molecular weight excluding hydrogens is 683 g/mol. The van der Waals surface area contributed by atoms with E-state index >= 15 is 0 Å². The first-order chi connectivity index (χ1) is 26.0. The molecule has 3 amide bonds. The Morgan fingerprint density at radius 3 is 2.33 bits per heavy atom. The number of hydrogen-bond acceptors (Lipinski definition) is 8. The highest BCUT2D eigenvalue weighted by atomic mass is 16.5. The summed E-state index contributed by atoms with van der Waals surface area (Å²) in [5.74, 6) is -0.488. The van der Waals surface area contributed by atoms with E-state index < -0.39 is 6.04 Å². The lowest BCUT2D eigenvalue weighted by molar-refractivity contribution is -0.0177. The standard InChI is InChI=1S/C43H53N5O6/c1-29-25-48(30(2)28-49)43(52)36-24-35(45-41(50)33-13-6-5-7-14-33)21-22-39(36)54-31(3)12-10-11-23-53-40(29)27-47(4)26-32-17-19-34(20-18-32)42(51)46-38-16-9-8-15-37(38)44/h5-9,13-22,24,29-31,40,49H,10-12,23,25-28,44H2,1-4H3,(H,45,50)(H,46,51)/t29-,30+,31+,40-/m0/s1. The summed E-state index contributed by atoms with van der Waals surface area (Å²) in [5.41, 5.74) is 9.92. The molecule has 11 nitrogen and oxygen atoms in total. The van der Waals surface area contributed by atoms with Gasteiger partial charge in [0.15, 0.2) is 0 Å². The van der Waals surface area contributed by atoms with Gasteiger partial charge < -0.3 is 35.8 Å². The smallest absolute Gasteiger partial charge is 0.258 e. The molecule has 0 bridgehead atoms. The third-order valence-electron chi connectivity index (χ3n) is 9.71. The second-order valence-electron chi connectivity index (χ2n) is 14.3. The van der Waals surface area contributed by atoms with Gasteiger partial charge in [-0.3, -0.25) is 19.3 Å². The van der Waals surface area contributed by atoms with Crippen LogP contribution in [0.5, 0.6) is 5.75 Å². The normalized spacial score (nSPS) is 18.9. The number of fused-ring (bicyclic) bond motifs is 1. The van der Waals surface area contributed by atoms with Crippen molar-refractivity contribution in [2.75, 3.05) is 49.7 Å². The van der Waals surface area contributed by atoms with Gasteiger partial charge in [-0.1, -0.05) is 49.4 Å². The average Bonchev–Trinajstić information content (AvgIpc) is 3.17. The first kappa shape index (κ1) is 40.0. The molecule has 54 heavy (non-hydrogen) atoms. The molecule has 0 unspecified atom stereocenters. The molecule has 0 spiro atoms. The molecule has 5 N–H and O–H groups in total. The number of aliphatic hydroxyl groups excluding tert-OH is 1. The SMILES string of the molecule is C[C@@H]1CCCCO[C@@H](CN(C)Cc2ccc(C(=O)Nc3ccccc3N)cc2)[C@@H](C)CN([C@H](C)CO)C(=O)c2cc(NC(=O)c3ccccc3)ccc2O1. The van der Waals surface area contributed by atoms with Crippen LogP contribution in [-0.4, -0.2) is 84.2 Å². The fourth-order valence-corrected chi connectivity index (χ4v) is 6.51. The number of benzene rings is 4. The summed E-state index contributed by atoms with van der Waals surface area (Å²) < 4.78 is 12.9. The van der Waals surface area contributed by atoms with Crippen LogP contribution in [0.3, 0.4) is 0 Å². The number of nitrogens with one attached hydrogen (secondary N) is 2. The summed E-state index contributed by atoms with van der Waals surface area (Å²) in [4.78, 5) is 44.2. The van der Waals surface area contributed by atoms with Gasteiger partial charge in [0.25, 0.3) is 17.7 Å². The van der Waals surface area contributed by atoms with Gasteiger partial charge in [-0.15, -0.1) is 0 Å². The summed E-state index contributed by atoms with van der Waals surface area (Å²) in [6.07, 6.45) is 2.13. The highest BCUT2D eigenvalue weighted by Crippen LogP contribution is 2.29. The molecule has 0 aliphatic carbocycles. The number of carbonyl (C=O) groups is 3. The van der Waals surface area contributed by atoms with Crippen molar-refractivity contribution in [2.45, 2.75) is 64.8 Å². The Morgan fingerprint density at radius 1 is 0.926 bits per heavy atom. The zero-order chi connectivity index (χ0) is 38.6. The van der Waals surface area contributed by atoms with E-state index in [1.165, 1.54) is 0 Å². The van der Waals surface area contributed by atoms with E-state index in [0.29, 0.717) is 65.7 Å². The van der Waals surface area contributed by atoms with Crippen LogP contribution in [0.4, 0.5) is 17.1 Å². The van der Waals surface area contributed by atoms with Gasteiger partial charge in [0.1, 0.15) is 5.75 Å². The summed E-state index contributed by atoms with van der Waals surface area (Å²) in [5, 5.41) is 16.1. The Hall–Kier alpha value is -5.23. The lowest BCUT2D eigenvalue weighted by atomic mass is 10.0. The van der Waals surface area contributed by atoms with Crippen LogP contribution < -0.4 is 21.1 Å². The molecule has 0 aromatic heterocycles. The second kappa shape index (κ2) is 19.2. The van der Waals surface area contributed by atoms with Gasteiger partial charge in [-0.2, -0.15) is 0 Å². The van der Waals surface area contributed by atoms with Gasteiger partial charge in [0.2, 0.25) is 0 Å². The molecule has 1 heterocycles. The van der Waals surface area contributed by atoms with Crippen molar-refractivity contribution in [3.63, 3.8) is 0 Å². The molecule has 4 aromatic carbocycles. The molecule has 286 valence electrons. The third-order valence-corrected chi connectivity index (χ3v) is 9.71. The van der Waals surface area contributed by atoms with Crippen LogP contribution in [-0.2, 0) is 11.3 Å². The van der Waals surface area contributed by atoms with Crippen LogP contribution in [0, 0.1) is 5.92 Å². The Bertz CT molecular complexity index is 1850. The van der Waals surface area contributed by atoms with E-state index in [2.05, 4.69) is 22.5 Å². The number of aliphatic hydroxyl groups is 1. The van der Waals surface area contributed by atoms with E-state index in [9.17, 15) is 19.5 Å². The predicted molar refractivity (Wildman–Crippen MR) is 213 cm³/mol. The minimum atomic E-state index is -0.492. The van der Waals surface area contributed by atoms with Crippen LogP contribution >= 0.6 is 0 Å². The Kier molecular flexibility index (Phi) is 14.2. The first-order valence-electron chi connectivity index (χ1n) is 18.7. The van der Waals surface area contributed by atoms with Crippen molar-refractivity contribution in [3.8, 4) is 5.75 Å². The Morgan fingerprint density at radius 2 is 1.61 bits per heavy atom. The minimum Gasteiger partial charge on any atom is -0.490 e. The van der Waals surface area contributed by atoms with Crippen LogP contribution in [0.15, 0.2) is 97.1 Å². The van der Waals surface area contributed by atoms with Gasteiger partial charge in [0.05, 0.1) is 41.8 Å². The van der Waals surface area contributed by atoms with Gasteiger partial charge >= 0.3 is 0 Å². The Labute approximate surface area is 318 Å². The molecule has 1 aliphatic rings. The molecular formula is C43H53N5O6. The number of rotatable bonds is 10. The number of amides is 3. The number of likely N-dealkylation sites (N-methyl/N-ethyl adjacent to an activating group) is 1. The number of nitrogens with zero attached hydrogens (tertiary/aromatic N) is 2. The highest BCUT2D eigenvalue weighted by Gasteiger charge is 2.30. The summed E-state index contributed by atoms with van der Waals surface area (Å²) in [7, 11) is 2.03. The number of hydrogen-bond donors (Lipinski definition) is 4. The van der Waals surface area contributed by atoms with Crippen LogP contribution in [0.1, 0.15) is 76.7 Å². The number of nitrogen functional groups attached to an aromatic ring is 1. The fourth-order valence-electron chi connectivity index (χ4n) is 6.51. The molecule has 5 rings (SSSR count). The zero-order valence-electron chi connectivity index (χ0n) is 31.7. The van der Waals surface area contributed by atoms with Crippen molar-refractivity contribution >= 4 is 34.8 Å². The van der Waals surface area contributed by atoms with Crippen molar-refractivity contribution in [3.05, 3.63) is 119 Å². The van der Waals surface area contributed by atoms with Gasteiger partial charge in [-0.25, -0.2) is 0 Å². The number of para-hydroxylation sites is 2. The largest absolute Gasteiger partial charge is 0.490 e. The molecule has 0 radical (unpaired) electrons. The molecule has 0 saturated carbocycles. The van der Waals surface area contributed by atoms with E-state index in [-0.39, 0.29) is 42.5 Å². The topological polar surface area (TPSA) is 146 Å². The van der Waals surface area contributed by atoms with E-state index in [4.69, 9.17) is 15.2 Å². The third kappa shape index (κ3) is 10.9. The van der Waals surface area contributed by atoms with Crippen molar-refractivity contribution in [1.82, 2.24) is 9.80 Å². The second-order valence-corrected chi connectivity index (χ2v) is 14.3. The highest BCUT2D eigenvalue weighted by molar-refractivity contribution is 6.06. The maximum absolute atomic E-state index is 14.5. The van der Waals surface area contributed by atoms with Crippen molar-refractivity contribution in [2.24, 2.45) is 5.92 Å². The lowest BCUT2D eigenvalue weighted by Gasteiger charge is -2.36. The van der Waals surface area contributed by atoms with Crippen molar-refractivity contribution in [1.29, 1.82) is 0 Å². The molecule has 0 saturated heterocycles. The van der Waals surface area contributed by atoms with Crippen molar-refractivity contribution < 1.29 is 29.0 Å². The quantitative estimate of drug-likeness (QED) is 0.132. The zero-order valence-corrected chi connectivity index (χ0v) is 31.7. The van der Waals surface area contributed by atoms with Crippen LogP contribution in [0.2, 0.25) is 0 Å². The van der Waals surface area contributed by atoms with E-state index in [1.54, 1.807) is 71.6 Å². The maximum atomic E-state index is 14.5. The lowest BCUT2D eigenvalue weighted by Crippen LogP contribution is -2.47. The van der Waals surface area contributed by atoms with Crippen LogP contribution in [0.25, 0.3) is 0 Å². The maximum Gasteiger partial charge on any atom is 0.258 e. The average molecular weight is 736 g/mol. The molecule has 1 aliphatic heterocycles. The molecule has 4 aromatic rings.